The van der Waals surface area contributed by atoms with E-state index < -0.39 is 11.6 Å². The van der Waals surface area contributed by atoms with Crippen LogP contribution in [-0.2, 0) is 0 Å². The number of hydrogen-bond acceptors (Lipinski definition) is 1. The van der Waals surface area contributed by atoms with Crippen molar-refractivity contribution in [3.8, 4) is 0 Å². The predicted molar refractivity (Wildman–Crippen MR) is 80.2 cm³/mol. The maximum atomic E-state index is 13.9. The highest BCUT2D eigenvalue weighted by Gasteiger charge is 2.34. The van der Waals surface area contributed by atoms with Crippen molar-refractivity contribution < 1.29 is 8.78 Å². The Morgan fingerprint density at radius 3 is 2.40 bits per heavy atom. The molecule has 1 saturated carbocycles. The Morgan fingerprint density at radius 2 is 1.80 bits per heavy atom. The van der Waals surface area contributed by atoms with Gasteiger partial charge in [0.25, 0.3) is 0 Å². The lowest BCUT2D eigenvalue weighted by molar-refractivity contribution is 0.162. The fraction of sp³-hybridized carbons (Fsp3) is 0.625. The summed E-state index contributed by atoms with van der Waals surface area (Å²) in [5, 5.41) is 3.34. The minimum absolute atomic E-state index is 0.112. The van der Waals surface area contributed by atoms with Crippen LogP contribution in [-0.4, -0.2) is 6.04 Å². The van der Waals surface area contributed by atoms with E-state index >= 15 is 0 Å². The molecule has 4 heteroatoms. The lowest BCUT2D eigenvalue weighted by Crippen LogP contribution is -2.40. The van der Waals surface area contributed by atoms with Gasteiger partial charge in [-0.3, -0.25) is 0 Å². The molecule has 1 fully saturated rings. The molecule has 1 aliphatic carbocycles. The largest absolute Gasteiger partial charge is 0.378 e. The fourth-order valence-electron chi connectivity index (χ4n) is 3.21. The van der Waals surface area contributed by atoms with Crippen LogP contribution in [0.25, 0.3) is 0 Å². The van der Waals surface area contributed by atoms with Gasteiger partial charge in [-0.25, -0.2) is 8.78 Å². The zero-order valence-electron chi connectivity index (χ0n) is 12.3. The zero-order chi connectivity index (χ0) is 14.9. The summed E-state index contributed by atoms with van der Waals surface area (Å²) in [6, 6.07) is 2.21. The van der Waals surface area contributed by atoms with E-state index in [9.17, 15) is 8.78 Å². The lowest BCUT2D eigenvalue weighted by atomic mass is 9.69. The molecular formula is C16H22ClF2N. The first-order chi connectivity index (χ1) is 9.29. The third-order valence-electron chi connectivity index (χ3n) is 4.21. The predicted octanol–water partition coefficient (Wildman–Crippen LogP) is 5.64. The fourth-order valence-corrected chi connectivity index (χ4v) is 3.45. The molecule has 1 aliphatic rings. The molecule has 0 aromatic heterocycles. The maximum absolute atomic E-state index is 13.9. The highest BCUT2D eigenvalue weighted by Crippen LogP contribution is 2.40. The van der Waals surface area contributed by atoms with Crippen LogP contribution in [0, 0.1) is 23.0 Å². The topological polar surface area (TPSA) is 12.0 Å². The molecule has 0 heterocycles. The molecule has 1 N–H and O–H groups in total. The summed E-state index contributed by atoms with van der Waals surface area (Å²) in [5.41, 5.74) is 0.385. The average molecular weight is 302 g/mol. The number of halogens is 3. The van der Waals surface area contributed by atoms with E-state index in [-0.39, 0.29) is 22.2 Å². The summed E-state index contributed by atoms with van der Waals surface area (Å²) in [6.45, 7) is 6.63. The van der Waals surface area contributed by atoms with Gasteiger partial charge in [0.05, 0.1) is 10.7 Å². The molecule has 0 bridgehead atoms. The van der Waals surface area contributed by atoms with Gasteiger partial charge in [0, 0.05) is 12.1 Å². The van der Waals surface area contributed by atoms with Crippen molar-refractivity contribution >= 4 is 17.3 Å². The number of nitrogens with one attached hydrogen (secondary N) is 1. The Labute approximate surface area is 124 Å². The van der Waals surface area contributed by atoms with Crippen molar-refractivity contribution in [3.05, 3.63) is 28.8 Å². The van der Waals surface area contributed by atoms with E-state index in [1.165, 1.54) is 6.42 Å². The molecule has 1 aromatic carbocycles. The third kappa shape index (κ3) is 3.43. The van der Waals surface area contributed by atoms with Gasteiger partial charge in [-0.15, -0.1) is 0 Å². The first-order valence-corrected chi connectivity index (χ1v) is 7.58. The number of anilines is 1. The van der Waals surface area contributed by atoms with Crippen LogP contribution in [0.2, 0.25) is 5.02 Å². The molecule has 112 valence electrons. The molecule has 0 radical (unpaired) electrons. The van der Waals surface area contributed by atoms with Crippen molar-refractivity contribution in [1.29, 1.82) is 0 Å². The van der Waals surface area contributed by atoms with Crippen LogP contribution in [0.3, 0.4) is 0 Å². The monoisotopic (exact) mass is 301 g/mol. The van der Waals surface area contributed by atoms with Gasteiger partial charge in [-0.1, -0.05) is 45.2 Å². The maximum Gasteiger partial charge on any atom is 0.150 e. The second-order valence-electron chi connectivity index (χ2n) is 6.75. The molecule has 1 aromatic rings. The van der Waals surface area contributed by atoms with Gasteiger partial charge < -0.3 is 5.32 Å². The van der Waals surface area contributed by atoms with Gasteiger partial charge in [0.15, 0.2) is 5.82 Å². The van der Waals surface area contributed by atoms with Crippen molar-refractivity contribution in [2.45, 2.75) is 52.5 Å². The van der Waals surface area contributed by atoms with Gasteiger partial charge in [0.2, 0.25) is 0 Å². The Hall–Kier alpha value is -0.830. The average Bonchev–Trinajstić information content (AvgIpc) is 2.33. The van der Waals surface area contributed by atoms with Crippen molar-refractivity contribution in [2.24, 2.45) is 11.3 Å². The van der Waals surface area contributed by atoms with E-state index in [4.69, 9.17) is 11.6 Å². The van der Waals surface area contributed by atoms with Crippen LogP contribution < -0.4 is 5.32 Å². The molecule has 1 nitrogen and oxygen atoms in total. The molecule has 2 unspecified atom stereocenters. The van der Waals surface area contributed by atoms with E-state index in [1.807, 2.05) is 0 Å². The second kappa shape index (κ2) is 5.88. The van der Waals surface area contributed by atoms with E-state index in [1.54, 1.807) is 0 Å². The Balaban J connectivity index is 2.23. The minimum atomic E-state index is -0.644. The molecule has 2 atom stereocenters. The van der Waals surface area contributed by atoms with E-state index in [0.717, 1.165) is 31.4 Å². The highest BCUT2D eigenvalue weighted by atomic mass is 35.5. The first kappa shape index (κ1) is 15.6. The van der Waals surface area contributed by atoms with Crippen LogP contribution in [0.5, 0.6) is 0 Å². The molecule has 0 aliphatic heterocycles. The first-order valence-electron chi connectivity index (χ1n) is 7.20. The van der Waals surface area contributed by atoms with E-state index in [2.05, 4.69) is 26.1 Å². The summed E-state index contributed by atoms with van der Waals surface area (Å²) in [5.74, 6) is -0.806. The molecule has 0 spiro atoms. The summed E-state index contributed by atoms with van der Waals surface area (Å²) in [4.78, 5) is 0. The molecule has 20 heavy (non-hydrogen) atoms. The highest BCUT2D eigenvalue weighted by molar-refractivity contribution is 6.33. The number of benzene rings is 1. The summed E-state index contributed by atoms with van der Waals surface area (Å²) in [6.07, 6.45) is 4.46. The zero-order valence-corrected chi connectivity index (χ0v) is 13.0. The van der Waals surface area contributed by atoms with Crippen molar-refractivity contribution in [2.75, 3.05) is 5.32 Å². The molecule has 0 saturated heterocycles. The van der Waals surface area contributed by atoms with Crippen LogP contribution >= 0.6 is 11.6 Å². The van der Waals surface area contributed by atoms with Gasteiger partial charge in [0.1, 0.15) is 5.82 Å². The van der Waals surface area contributed by atoms with Gasteiger partial charge in [-0.05, 0) is 30.2 Å². The standard InChI is InChI=1S/C16H22ClF2N/c1-16(2,3)11-6-4-5-7-14(11)20-15-12(17)8-10(18)9-13(15)19/h8-9,11,14,20H,4-7H2,1-3H3. The molecule has 0 amide bonds. The SMILES string of the molecule is CC(C)(C)C1CCCCC1Nc1c(F)cc(F)cc1Cl. The quantitative estimate of drug-likeness (QED) is 0.746. The van der Waals surface area contributed by atoms with E-state index in [0.29, 0.717) is 5.92 Å². The van der Waals surface area contributed by atoms with Crippen molar-refractivity contribution in [1.82, 2.24) is 0 Å². The Bertz CT molecular complexity index is 459. The molecular weight excluding hydrogens is 280 g/mol. The Morgan fingerprint density at radius 1 is 1.15 bits per heavy atom. The second-order valence-corrected chi connectivity index (χ2v) is 7.16. The molecule has 2 rings (SSSR count). The Kier molecular flexibility index (Phi) is 4.58. The minimum Gasteiger partial charge on any atom is -0.378 e. The van der Waals surface area contributed by atoms with Gasteiger partial charge in [-0.2, -0.15) is 0 Å². The normalized spacial score (nSPS) is 23.7. The summed E-state index contributed by atoms with van der Waals surface area (Å²) >= 11 is 5.97. The van der Waals surface area contributed by atoms with Crippen LogP contribution in [0.15, 0.2) is 12.1 Å². The summed E-state index contributed by atoms with van der Waals surface area (Å²) < 4.78 is 27.0. The third-order valence-corrected chi connectivity index (χ3v) is 4.51. The van der Waals surface area contributed by atoms with Gasteiger partial charge >= 0.3 is 0 Å². The number of hydrogen-bond donors (Lipinski definition) is 1. The summed E-state index contributed by atoms with van der Waals surface area (Å²) in [7, 11) is 0. The van der Waals surface area contributed by atoms with Crippen LogP contribution in [0.1, 0.15) is 46.5 Å². The number of rotatable bonds is 2. The van der Waals surface area contributed by atoms with Crippen molar-refractivity contribution in [3.63, 3.8) is 0 Å². The lowest BCUT2D eigenvalue weighted by Gasteiger charge is -2.41. The van der Waals surface area contributed by atoms with Crippen LogP contribution in [0.4, 0.5) is 14.5 Å². The smallest absolute Gasteiger partial charge is 0.150 e.